The maximum absolute atomic E-state index is 11.2. The second kappa shape index (κ2) is 43.5. The van der Waals surface area contributed by atoms with Crippen LogP contribution in [0.3, 0.4) is 0 Å². The summed E-state index contributed by atoms with van der Waals surface area (Å²) in [5.41, 5.74) is 0. The fourth-order valence-electron chi connectivity index (χ4n) is 5.54. The van der Waals surface area contributed by atoms with E-state index in [1.54, 1.807) is 0 Å². The summed E-state index contributed by atoms with van der Waals surface area (Å²) in [6.07, 6.45) is 21.9. The Hall–Kier alpha value is -1.65. The van der Waals surface area contributed by atoms with Gasteiger partial charge < -0.3 is 0 Å². The van der Waals surface area contributed by atoms with Crippen LogP contribution in [-0.2, 0) is 24.0 Å². The lowest BCUT2D eigenvalue weighted by Gasteiger charge is -2.17. The third-order valence-electron chi connectivity index (χ3n) is 9.31. The van der Waals surface area contributed by atoms with E-state index in [0.717, 1.165) is 89.9 Å². The molecule has 0 aromatic rings. The molecule has 0 aromatic carbocycles. The minimum absolute atomic E-state index is 0.347. The summed E-state index contributed by atoms with van der Waals surface area (Å²) >= 11 is 0. The van der Waals surface area contributed by atoms with E-state index in [9.17, 15) is 24.0 Å². The Balaban J connectivity index is -0.000000159. The van der Waals surface area contributed by atoms with Gasteiger partial charge in [-0.2, -0.15) is 0 Å². The summed E-state index contributed by atoms with van der Waals surface area (Å²) in [5.74, 6) is 4.17. The van der Waals surface area contributed by atoms with E-state index in [2.05, 4.69) is 6.92 Å². The van der Waals surface area contributed by atoms with Gasteiger partial charge in [0.1, 0.15) is 28.9 Å². The zero-order valence-electron chi connectivity index (χ0n) is 36.6. The van der Waals surface area contributed by atoms with E-state index < -0.39 is 0 Å². The Morgan fingerprint density at radius 1 is 0.260 bits per heavy atom. The maximum atomic E-state index is 11.2. The van der Waals surface area contributed by atoms with E-state index >= 15 is 0 Å². The summed E-state index contributed by atoms with van der Waals surface area (Å²) in [6.45, 7) is 30.1. The van der Waals surface area contributed by atoms with Gasteiger partial charge in [0.2, 0.25) is 0 Å². The average Bonchev–Trinajstić information content (AvgIpc) is 3.44. The number of carbonyl (C=O) groups excluding carboxylic acids is 5. The average molecular weight is 711 g/mol. The van der Waals surface area contributed by atoms with Crippen molar-refractivity contribution in [1.29, 1.82) is 0 Å². The fraction of sp³-hybridized carbons (Fsp3) is 0.889. The molecule has 0 N–H and O–H groups in total. The minimum atomic E-state index is 0.347. The summed E-state index contributed by atoms with van der Waals surface area (Å²) in [5, 5.41) is 0. The van der Waals surface area contributed by atoms with Crippen LogP contribution in [0.25, 0.3) is 0 Å². The Bertz CT molecular complexity index is 786. The molecule has 0 heterocycles. The number of hydrogen-bond donors (Lipinski definition) is 0. The first kappa shape index (κ1) is 57.7. The second-order valence-electron chi connectivity index (χ2n) is 13.1. The molecule has 5 rings (SSSR count). The van der Waals surface area contributed by atoms with Crippen molar-refractivity contribution in [1.82, 2.24) is 0 Å². The van der Waals surface area contributed by atoms with Crippen molar-refractivity contribution in [3.05, 3.63) is 0 Å². The van der Waals surface area contributed by atoms with Crippen molar-refractivity contribution in [2.45, 2.75) is 232 Å². The maximum Gasteiger partial charge on any atom is 0.135 e. The van der Waals surface area contributed by atoms with Crippen molar-refractivity contribution < 1.29 is 24.0 Å². The molecule has 0 bridgehead atoms. The molecule has 5 nitrogen and oxygen atoms in total. The topological polar surface area (TPSA) is 85.3 Å². The van der Waals surface area contributed by atoms with Crippen molar-refractivity contribution >= 4 is 28.9 Å². The van der Waals surface area contributed by atoms with Gasteiger partial charge >= 0.3 is 0 Å². The van der Waals surface area contributed by atoms with E-state index in [0.29, 0.717) is 58.5 Å². The summed E-state index contributed by atoms with van der Waals surface area (Å²) < 4.78 is 0. The Labute approximate surface area is 314 Å². The Morgan fingerprint density at radius 3 is 0.700 bits per heavy atom. The molecule has 0 aliphatic heterocycles. The van der Waals surface area contributed by atoms with E-state index in [-0.39, 0.29) is 0 Å². The highest BCUT2D eigenvalue weighted by Gasteiger charge is 2.22. The molecule has 5 fully saturated rings. The predicted octanol–water partition coefficient (Wildman–Crippen LogP) is 14.0. The highest BCUT2D eigenvalue weighted by atomic mass is 16.1. The van der Waals surface area contributed by atoms with Crippen LogP contribution in [0, 0.1) is 29.6 Å². The predicted molar refractivity (Wildman–Crippen MR) is 220 cm³/mol. The highest BCUT2D eigenvalue weighted by Crippen LogP contribution is 2.22. The third-order valence-corrected chi connectivity index (χ3v) is 9.31. The monoisotopic (exact) mass is 711 g/mol. The van der Waals surface area contributed by atoms with Crippen LogP contribution >= 0.6 is 0 Å². The highest BCUT2D eigenvalue weighted by molar-refractivity contribution is 5.85. The standard InChI is InChI=1S/C9H16O.C8H14O.C7H12O.C6H10O.C5H8O.5C2H6/c1-8-6-4-2-3-5-7-9(8)10;1-7-5-3-2-4-6-8(7)9;1-6-4-2-3-5-7(6)8;1-5-3-2-4-6(5)7;1-4-2-3-5(4)6;5*1-2/h8H,2-7H2,1H3;7H,2-6H2,1H3;6H,2-5H2,1H3;5H,2-4H2,1H3;4H,2-3H2,1H3;5*1-2H3/t8-;7-;6-;5-;4-;;;;;/m01111...../s1. The van der Waals surface area contributed by atoms with Crippen LogP contribution in [0.15, 0.2) is 0 Å². The molecule has 5 aliphatic rings. The lowest BCUT2D eigenvalue weighted by molar-refractivity contribution is -0.128. The molecule has 300 valence electrons. The van der Waals surface area contributed by atoms with Gasteiger partial charge in [-0.1, -0.05) is 142 Å². The number of hydrogen-bond acceptors (Lipinski definition) is 5. The fourth-order valence-corrected chi connectivity index (χ4v) is 5.54. The van der Waals surface area contributed by atoms with E-state index in [1.807, 2.05) is 96.9 Å². The van der Waals surface area contributed by atoms with E-state index in [1.165, 1.54) is 38.5 Å². The lowest BCUT2D eigenvalue weighted by atomic mass is 9.86. The quantitative estimate of drug-likeness (QED) is 0.234. The molecule has 5 aliphatic carbocycles. The molecule has 0 saturated heterocycles. The second-order valence-corrected chi connectivity index (χ2v) is 13.1. The van der Waals surface area contributed by atoms with Crippen LogP contribution in [0.1, 0.15) is 232 Å². The lowest BCUT2D eigenvalue weighted by Crippen LogP contribution is -2.21. The van der Waals surface area contributed by atoms with Crippen molar-refractivity contribution in [2.24, 2.45) is 29.6 Å². The molecular formula is C45H90O5. The molecule has 0 aromatic heterocycles. The van der Waals surface area contributed by atoms with Crippen molar-refractivity contribution in [2.75, 3.05) is 0 Å². The molecule has 5 saturated carbocycles. The minimum Gasteiger partial charge on any atom is -0.299 e. The molecule has 0 amide bonds. The van der Waals surface area contributed by atoms with Gasteiger partial charge in [0.15, 0.2) is 0 Å². The van der Waals surface area contributed by atoms with Crippen molar-refractivity contribution in [3.8, 4) is 0 Å². The first-order valence-electron chi connectivity index (χ1n) is 21.7. The summed E-state index contributed by atoms with van der Waals surface area (Å²) in [6, 6.07) is 0. The van der Waals surface area contributed by atoms with Crippen LogP contribution in [-0.4, -0.2) is 28.9 Å². The number of Topliss-reactive ketones (excluding diaryl/α,β-unsaturated/α-hetero) is 5. The van der Waals surface area contributed by atoms with Gasteiger partial charge in [-0.3, -0.25) is 24.0 Å². The summed E-state index contributed by atoms with van der Waals surface area (Å²) in [4.78, 5) is 53.8. The number of carbonyl (C=O) groups is 5. The zero-order chi connectivity index (χ0) is 39.9. The van der Waals surface area contributed by atoms with Crippen LogP contribution in [0.5, 0.6) is 0 Å². The SMILES string of the molecule is CC.CC.CC.CC.CC.C[C@@H]1CCC1=O.C[C@@H]1CCCC1=O.C[C@@H]1CCCCC1=O.C[C@@H]1CCCCCC1=O.C[C@H]1CCCCCCC1=O. The van der Waals surface area contributed by atoms with Crippen LogP contribution < -0.4 is 0 Å². The van der Waals surface area contributed by atoms with Gasteiger partial charge in [0.05, 0.1) is 0 Å². The molecule has 0 unspecified atom stereocenters. The summed E-state index contributed by atoms with van der Waals surface area (Å²) in [7, 11) is 0. The third kappa shape index (κ3) is 33.5. The van der Waals surface area contributed by atoms with Gasteiger partial charge in [0.25, 0.3) is 0 Å². The largest absolute Gasteiger partial charge is 0.299 e. The molecule has 5 heteroatoms. The smallest absolute Gasteiger partial charge is 0.135 e. The van der Waals surface area contributed by atoms with E-state index in [4.69, 9.17) is 0 Å². The van der Waals surface area contributed by atoms with Gasteiger partial charge in [0, 0.05) is 61.7 Å². The molecule has 0 spiro atoms. The first-order valence-corrected chi connectivity index (χ1v) is 21.7. The molecular weight excluding hydrogens is 620 g/mol. The van der Waals surface area contributed by atoms with Crippen molar-refractivity contribution in [3.63, 3.8) is 0 Å². The first-order chi connectivity index (χ1) is 24.0. The molecule has 0 radical (unpaired) electrons. The van der Waals surface area contributed by atoms with Crippen LogP contribution in [0.2, 0.25) is 0 Å². The Kier molecular flexibility index (Phi) is 50.2. The van der Waals surface area contributed by atoms with Gasteiger partial charge in [-0.25, -0.2) is 0 Å². The Morgan fingerprint density at radius 2 is 0.460 bits per heavy atom. The molecule has 5 atom stereocenters. The normalized spacial score (nSPS) is 25.1. The zero-order valence-corrected chi connectivity index (χ0v) is 36.6. The van der Waals surface area contributed by atoms with Crippen LogP contribution in [0.4, 0.5) is 0 Å². The number of rotatable bonds is 0. The molecule has 50 heavy (non-hydrogen) atoms. The van der Waals surface area contributed by atoms with Gasteiger partial charge in [-0.15, -0.1) is 0 Å². The number of ketones is 5. The van der Waals surface area contributed by atoms with Gasteiger partial charge in [-0.05, 0) is 57.8 Å².